The first-order chi connectivity index (χ1) is 11.3. The van der Waals surface area contributed by atoms with E-state index in [1.54, 1.807) is 11.3 Å². The van der Waals surface area contributed by atoms with Crippen LogP contribution in [0.3, 0.4) is 0 Å². The first-order valence-corrected chi connectivity index (χ1v) is 8.38. The average Bonchev–Trinajstić information content (AvgIpc) is 3.09. The second-order valence-corrected chi connectivity index (χ2v) is 6.41. The Hall–Kier alpha value is -2.43. The summed E-state index contributed by atoms with van der Waals surface area (Å²) in [4.78, 5) is 10.4. The van der Waals surface area contributed by atoms with Gasteiger partial charge >= 0.3 is 0 Å². The zero-order chi connectivity index (χ0) is 15.6. The number of thiophene rings is 1. The average molecular weight is 338 g/mol. The molecular weight excluding hydrogens is 326 g/mol. The first kappa shape index (κ1) is 14.2. The number of nitrogens with one attached hydrogen (secondary N) is 1. The van der Waals surface area contributed by atoms with Gasteiger partial charge in [-0.25, -0.2) is 9.97 Å². The summed E-state index contributed by atoms with van der Waals surface area (Å²) in [6.45, 7) is 0. The van der Waals surface area contributed by atoms with E-state index in [9.17, 15) is 0 Å². The third-order valence-corrected chi connectivity index (χ3v) is 4.53. The molecule has 4 rings (SSSR count). The predicted molar refractivity (Wildman–Crippen MR) is 97.6 cm³/mol. The van der Waals surface area contributed by atoms with Crippen molar-refractivity contribution in [1.82, 2.24) is 9.97 Å². The molecule has 23 heavy (non-hydrogen) atoms. The number of hydrogen-bond donors (Lipinski definition) is 1. The van der Waals surface area contributed by atoms with E-state index >= 15 is 0 Å². The Morgan fingerprint density at radius 1 is 0.913 bits per heavy atom. The van der Waals surface area contributed by atoms with E-state index in [1.165, 1.54) is 0 Å². The lowest BCUT2D eigenvalue weighted by Crippen LogP contribution is -1.98. The number of aromatic nitrogens is 2. The smallest absolute Gasteiger partial charge is 0.172 e. The van der Waals surface area contributed by atoms with Gasteiger partial charge in [0.25, 0.3) is 0 Å². The molecule has 0 atom stereocenters. The van der Waals surface area contributed by atoms with Crippen molar-refractivity contribution in [2.45, 2.75) is 0 Å². The third kappa shape index (κ3) is 2.91. The molecule has 0 saturated heterocycles. The molecule has 2 aromatic heterocycles. The van der Waals surface area contributed by atoms with Crippen LogP contribution in [0.15, 0.2) is 66.0 Å². The number of nitrogens with zero attached hydrogens (tertiary/aromatic N) is 2. The van der Waals surface area contributed by atoms with Crippen LogP contribution >= 0.6 is 22.9 Å². The molecule has 0 bridgehead atoms. The SMILES string of the molecule is Clc1cccc(Nc2nc(-c3cccs3)nc3ccccc23)c1. The number of fused-ring (bicyclic) bond motifs is 1. The quantitative estimate of drug-likeness (QED) is 0.516. The monoisotopic (exact) mass is 337 g/mol. The van der Waals surface area contributed by atoms with Crippen LogP contribution in [0.2, 0.25) is 5.02 Å². The van der Waals surface area contributed by atoms with Crippen LogP contribution in [-0.2, 0) is 0 Å². The summed E-state index contributed by atoms with van der Waals surface area (Å²) in [6.07, 6.45) is 0. The van der Waals surface area contributed by atoms with E-state index < -0.39 is 0 Å². The molecule has 2 aromatic carbocycles. The van der Waals surface area contributed by atoms with Gasteiger partial charge in [-0.2, -0.15) is 0 Å². The third-order valence-electron chi connectivity index (χ3n) is 3.43. The molecule has 3 nitrogen and oxygen atoms in total. The summed E-state index contributed by atoms with van der Waals surface area (Å²) in [5.41, 5.74) is 1.81. The van der Waals surface area contributed by atoms with Crippen molar-refractivity contribution in [3.8, 4) is 10.7 Å². The molecule has 1 N–H and O–H groups in total. The maximum atomic E-state index is 6.07. The standard InChI is InChI=1S/C18H12ClN3S/c19-12-5-3-6-13(11-12)20-17-14-7-1-2-8-15(14)21-18(22-17)16-9-4-10-23-16/h1-11H,(H,20,21,22). The van der Waals surface area contributed by atoms with Gasteiger partial charge in [0, 0.05) is 16.1 Å². The van der Waals surface area contributed by atoms with Crippen LogP contribution < -0.4 is 5.32 Å². The molecule has 0 aliphatic heterocycles. The minimum atomic E-state index is 0.687. The number of rotatable bonds is 3. The van der Waals surface area contributed by atoms with Gasteiger partial charge in [-0.15, -0.1) is 11.3 Å². The summed E-state index contributed by atoms with van der Waals surface area (Å²) in [5, 5.41) is 7.05. The van der Waals surface area contributed by atoms with Crippen molar-refractivity contribution in [3.63, 3.8) is 0 Å². The van der Waals surface area contributed by atoms with Gasteiger partial charge in [-0.3, -0.25) is 0 Å². The van der Waals surface area contributed by atoms with Crippen LogP contribution in [0.4, 0.5) is 11.5 Å². The van der Waals surface area contributed by atoms with Crippen molar-refractivity contribution in [1.29, 1.82) is 0 Å². The molecule has 4 aromatic rings. The van der Waals surface area contributed by atoms with Gasteiger partial charge in [0.1, 0.15) is 5.82 Å². The molecule has 0 fully saturated rings. The maximum Gasteiger partial charge on any atom is 0.172 e. The van der Waals surface area contributed by atoms with Crippen molar-refractivity contribution in [2.75, 3.05) is 5.32 Å². The van der Waals surface area contributed by atoms with Gasteiger partial charge in [0.2, 0.25) is 0 Å². The van der Waals surface area contributed by atoms with Crippen LogP contribution in [-0.4, -0.2) is 9.97 Å². The summed E-state index contributed by atoms with van der Waals surface area (Å²) in [6, 6.07) is 19.6. The van der Waals surface area contributed by atoms with Crippen molar-refractivity contribution in [2.24, 2.45) is 0 Å². The number of para-hydroxylation sites is 1. The Kier molecular flexibility index (Phi) is 3.69. The molecule has 0 saturated carbocycles. The van der Waals surface area contributed by atoms with E-state index in [1.807, 2.05) is 66.0 Å². The van der Waals surface area contributed by atoms with Gasteiger partial charge in [0.05, 0.1) is 10.4 Å². The highest BCUT2D eigenvalue weighted by Crippen LogP contribution is 2.29. The molecule has 112 valence electrons. The number of hydrogen-bond acceptors (Lipinski definition) is 4. The van der Waals surface area contributed by atoms with Crippen LogP contribution in [0.1, 0.15) is 0 Å². The van der Waals surface area contributed by atoms with E-state index in [-0.39, 0.29) is 0 Å². The largest absolute Gasteiger partial charge is 0.340 e. The number of anilines is 2. The zero-order valence-corrected chi connectivity index (χ0v) is 13.6. The lowest BCUT2D eigenvalue weighted by atomic mass is 10.2. The molecule has 0 amide bonds. The summed E-state index contributed by atoms with van der Waals surface area (Å²) in [5.74, 6) is 1.50. The van der Waals surface area contributed by atoms with Gasteiger partial charge in [0.15, 0.2) is 5.82 Å². The fourth-order valence-corrected chi connectivity index (χ4v) is 3.24. The molecule has 0 spiro atoms. The topological polar surface area (TPSA) is 37.8 Å². The van der Waals surface area contributed by atoms with Crippen LogP contribution in [0.25, 0.3) is 21.6 Å². The summed E-state index contributed by atoms with van der Waals surface area (Å²) < 4.78 is 0. The predicted octanol–water partition coefficient (Wildman–Crippen LogP) is 5.76. The Morgan fingerprint density at radius 2 is 1.83 bits per heavy atom. The van der Waals surface area contributed by atoms with Crippen molar-refractivity contribution < 1.29 is 0 Å². The fourth-order valence-electron chi connectivity index (χ4n) is 2.39. The van der Waals surface area contributed by atoms with Gasteiger partial charge < -0.3 is 5.32 Å². The van der Waals surface area contributed by atoms with Gasteiger partial charge in [-0.05, 0) is 41.8 Å². The molecule has 0 radical (unpaired) electrons. The van der Waals surface area contributed by atoms with E-state index in [0.717, 1.165) is 33.1 Å². The lowest BCUT2D eigenvalue weighted by molar-refractivity contribution is 1.23. The minimum Gasteiger partial charge on any atom is -0.340 e. The molecule has 0 unspecified atom stereocenters. The van der Waals surface area contributed by atoms with Crippen LogP contribution in [0.5, 0.6) is 0 Å². The minimum absolute atomic E-state index is 0.687. The second-order valence-electron chi connectivity index (χ2n) is 5.03. The highest BCUT2D eigenvalue weighted by atomic mass is 35.5. The summed E-state index contributed by atoms with van der Waals surface area (Å²) >= 11 is 7.70. The number of halogens is 1. The van der Waals surface area contributed by atoms with E-state index in [2.05, 4.69) is 10.3 Å². The normalized spacial score (nSPS) is 10.8. The van der Waals surface area contributed by atoms with Crippen molar-refractivity contribution in [3.05, 3.63) is 71.1 Å². The number of benzene rings is 2. The van der Waals surface area contributed by atoms with Crippen LogP contribution in [0, 0.1) is 0 Å². The highest BCUT2D eigenvalue weighted by Gasteiger charge is 2.10. The Morgan fingerprint density at radius 3 is 2.65 bits per heavy atom. The zero-order valence-electron chi connectivity index (χ0n) is 12.0. The van der Waals surface area contributed by atoms with E-state index in [0.29, 0.717) is 5.02 Å². The second kappa shape index (κ2) is 5.99. The molecular formula is C18H12ClN3S. The maximum absolute atomic E-state index is 6.07. The molecule has 2 heterocycles. The van der Waals surface area contributed by atoms with E-state index in [4.69, 9.17) is 16.6 Å². The molecule has 0 aliphatic carbocycles. The summed E-state index contributed by atoms with van der Waals surface area (Å²) in [7, 11) is 0. The first-order valence-electron chi connectivity index (χ1n) is 7.13. The Bertz CT molecular complexity index is 967. The lowest BCUT2D eigenvalue weighted by Gasteiger charge is -2.10. The van der Waals surface area contributed by atoms with Crippen molar-refractivity contribution >= 4 is 45.3 Å². The Labute approximate surface area is 142 Å². The Balaban J connectivity index is 1.86. The van der Waals surface area contributed by atoms with Gasteiger partial charge in [-0.1, -0.05) is 35.9 Å². The fraction of sp³-hybridized carbons (Fsp3) is 0. The highest BCUT2D eigenvalue weighted by molar-refractivity contribution is 7.13. The molecule has 0 aliphatic rings. The molecule has 5 heteroatoms.